The van der Waals surface area contributed by atoms with Crippen LogP contribution in [0.5, 0.6) is 0 Å². The Morgan fingerprint density at radius 2 is 2.10 bits per heavy atom. The lowest BCUT2D eigenvalue weighted by atomic mass is 10.0. The van der Waals surface area contributed by atoms with Crippen LogP contribution in [0.15, 0.2) is 6.20 Å². The third-order valence-corrected chi connectivity index (χ3v) is 2.82. The van der Waals surface area contributed by atoms with Gasteiger partial charge in [-0.3, -0.25) is 9.59 Å². The molecule has 1 atom stereocenters. The molecule has 1 aromatic heterocycles. The summed E-state index contributed by atoms with van der Waals surface area (Å²) < 4.78 is 7.38. The molecular formula is C11H16N4O4S. The lowest BCUT2D eigenvalue weighted by molar-refractivity contribution is -0.142. The maximum absolute atomic E-state index is 11.6. The van der Waals surface area contributed by atoms with E-state index >= 15 is 0 Å². The average Bonchev–Trinajstić information content (AvgIpc) is 2.88. The van der Waals surface area contributed by atoms with E-state index in [2.05, 4.69) is 19.4 Å². The number of hydrogen-bond acceptors (Lipinski definition) is 6. The standard InChI is InChI=1S/C11H16N4O4S/c1-6(2)3-7(11(18)19)14-9(16)5-12-10(17)8-4-13-20-15-8/h4,6-7H,3,5H2,1-2H3,(H,12,17)(H,14,16)(H,18,19)/t7-/m0/s1. The average molecular weight is 300 g/mol. The van der Waals surface area contributed by atoms with E-state index in [1.807, 2.05) is 13.8 Å². The first-order chi connectivity index (χ1) is 9.40. The number of carbonyl (C=O) groups excluding carboxylic acids is 2. The van der Waals surface area contributed by atoms with Crippen LogP contribution in [0.3, 0.4) is 0 Å². The number of aromatic nitrogens is 2. The van der Waals surface area contributed by atoms with Gasteiger partial charge in [-0.15, -0.1) is 0 Å². The zero-order valence-corrected chi connectivity index (χ0v) is 11.9. The number of carboxylic acids is 1. The second-order valence-electron chi connectivity index (χ2n) is 4.56. The van der Waals surface area contributed by atoms with Gasteiger partial charge in [0.1, 0.15) is 6.04 Å². The minimum absolute atomic E-state index is 0.125. The smallest absolute Gasteiger partial charge is 0.326 e. The van der Waals surface area contributed by atoms with Crippen LogP contribution in [-0.2, 0) is 9.59 Å². The van der Waals surface area contributed by atoms with Gasteiger partial charge in [0.2, 0.25) is 5.91 Å². The van der Waals surface area contributed by atoms with Crippen LogP contribution in [0, 0.1) is 5.92 Å². The van der Waals surface area contributed by atoms with Crippen LogP contribution in [-0.4, -0.2) is 44.2 Å². The van der Waals surface area contributed by atoms with Gasteiger partial charge in [0.15, 0.2) is 5.69 Å². The molecule has 0 aliphatic heterocycles. The number of hydrogen-bond donors (Lipinski definition) is 3. The topological polar surface area (TPSA) is 121 Å². The molecule has 110 valence electrons. The second-order valence-corrected chi connectivity index (χ2v) is 5.12. The van der Waals surface area contributed by atoms with Crippen molar-refractivity contribution < 1.29 is 19.5 Å². The maximum Gasteiger partial charge on any atom is 0.326 e. The number of nitrogens with one attached hydrogen (secondary N) is 2. The highest BCUT2D eigenvalue weighted by Gasteiger charge is 2.21. The van der Waals surface area contributed by atoms with Crippen molar-refractivity contribution in [3.05, 3.63) is 11.9 Å². The van der Waals surface area contributed by atoms with E-state index in [4.69, 9.17) is 5.11 Å². The van der Waals surface area contributed by atoms with E-state index in [1.54, 1.807) is 0 Å². The minimum atomic E-state index is -1.10. The normalized spacial score (nSPS) is 11.9. The molecule has 1 heterocycles. The molecule has 0 bridgehead atoms. The zero-order valence-electron chi connectivity index (χ0n) is 11.1. The van der Waals surface area contributed by atoms with Crippen LogP contribution < -0.4 is 10.6 Å². The molecule has 0 saturated heterocycles. The molecule has 20 heavy (non-hydrogen) atoms. The van der Waals surface area contributed by atoms with Crippen molar-refractivity contribution in [1.29, 1.82) is 0 Å². The first-order valence-electron chi connectivity index (χ1n) is 5.98. The third-order valence-electron chi connectivity index (χ3n) is 2.34. The van der Waals surface area contributed by atoms with Crippen LogP contribution in [0.1, 0.15) is 30.8 Å². The van der Waals surface area contributed by atoms with Crippen molar-refractivity contribution in [2.45, 2.75) is 26.3 Å². The molecule has 8 nitrogen and oxygen atoms in total. The summed E-state index contributed by atoms with van der Waals surface area (Å²) in [5.41, 5.74) is 0.125. The first-order valence-corrected chi connectivity index (χ1v) is 6.71. The molecule has 0 aliphatic rings. The Morgan fingerprint density at radius 1 is 1.40 bits per heavy atom. The number of carbonyl (C=O) groups is 3. The van der Waals surface area contributed by atoms with Crippen molar-refractivity contribution in [2.75, 3.05) is 6.54 Å². The molecule has 0 radical (unpaired) electrons. The number of amides is 2. The summed E-state index contributed by atoms with van der Waals surface area (Å²) in [5, 5.41) is 13.7. The molecule has 0 fully saturated rings. The summed E-state index contributed by atoms with van der Waals surface area (Å²) in [6.07, 6.45) is 1.61. The molecule has 1 rings (SSSR count). The molecule has 0 spiro atoms. The lowest BCUT2D eigenvalue weighted by Gasteiger charge is -2.16. The van der Waals surface area contributed by atoms with E-state index in [9.17, 15) is 14.4 Å². The molecule has 0 saturated carbocycles. The van der Waals surface area contributed by atoms with Gasteiger partial charge in [0, 0.05) is 0 Å². The second kappa shape index (κ2) is 7.53. The van der Waals surface area contributed by atoms with E-state index in [-0.39, 0.29) is 18.2 Å². The van der Waals surface area contributed by atoms with Gasteiger partial charge < -0.3 is 15.7 Å². The Bertz CT molecular complexity index is 475. The number of nitrogens with zero attached hydrogens (tertiary/aromatic N) is 2. The Labute approximate surface area is 119 Å². The molecular weight excluding hydrogens is 284 g/mol. The maximum atomic E-state index is 11.6. The van der Waals surface area contributed by atoms with Gasteiger partial charge >= 0.3 is 5.97 Å². The van der Waals surface area contributed by atoms with E-state index in [1.165, 1.54) is 6.20 Å². The molecule has 1 aromatic rings. The Balaban J connectivity index is 2.42. The monoisotopic (exact) mass is 300 g/mol. The zero-order chi connectivity index (χ0) is 15.1. The Morgan fingerprint density at radius 3 is 2.60 bits per heavy atom. The van der Waals surface area contributed by atoms with Gasteiger partial charge in [0.25, 0.3) is 5.91 Å². The summed E-state index contributed by atoms with van der Waals surface area (Å²) in [4.78, 5) is 34.1. The van der Waals surface area contributed by atoms with Crippen molar-refractivity contribution >= 4 is 29.5 Å². The van der Waals surface area contributed by atoms with Crippen molar-refractivity contribution in [3.63, 3.8) is 0 Å². The predicted molar refractivity (Wildman–Crippen MR) is 71.3 cm³/mol. The Kier molecular flexibility index (Phi) is 6.04. The fourth-order valence-electron chi connectivity index (χ4n) is 1.45. The molecule has 0 aliphatic carbocycles. The molecule has 0 unspecified atom stereocenters. The molecule has 0 aromatic carbocycles. The van der Waals surface area contributed by atoms with E-state index in [0.717, 1.165) is 11.7 Å². The highest BCUT2D eigenvalue weighted by Crippen LogP contribution is 2.04. The third kappa shape index (κ3) is 5.31. The van der Waals surface area contributed by atoms with Crippen molar-refractivity contribution in [3.8, 4) is 0 Å². The number of carboxylic acid groups (broad SMARTS) is 1. The number of rotatable bonds is 7. The van der Waals surface area contributed by atoms with Gasteiger partial charge in [0.05, 0.1) is 24.5 Å². The first kappa shape index (κ1) is 16.0. The highest BCUT2D eigenvalue weighted by molar-refractivity contribution is 6.99. The van der Waals surface area contributed by atoms with Crippen LogP contribution in [0.4, 0.5) is 0 Å². The SMILES string of the molecule is CC(C)C[C@H](NC(=O)CNC(=O)c1cnsn1)C(=O)O. The van der Waals surface area contributed by atoms with Crippen molar-refractivity contribution in [2.24, 2.45) is 5.92 Å². The fourth-order valence-corrected chi connectivity index (χ4v) is 1.87. The summed E-state index contributed by atoms with van der Waals surface area (Å²) >= 11 is 0.884. The van der Waals surface area contributed by atoms with Gasteiger partial charge in [-0.1, -0.05) is 13.8 Å². The van der Waals surface area contributed by atoms with Gasteiger partial charge in [-0.2, -0.15) is 8.75 Å². The van der Waals surface area contributed by atoms with Gasteiger partial charge in [-0.25, -0.2) is 4.79 Å². The highest BCUT2D eigenvalue weighted by atomic mass is 32.1. The van der Waals surface area contributed by atoms with E-state index < -0.39 is 23.8 Å². The molecule has 3 N–H and O–H groups in total. The van der Waals surface area contributed by atoms with Crippen LogP contribution in [0.25, 0.3) is 0 Å². The van der Waals surface area contributed by atoms with Gasteiger partial charge in [-0.05, 0) is 12.3 Å². The molecule has 2 amide bonds. The molecule has 9 heteroatoms. The summed E-state index contributed by atoms with van der Waals surface area (Å²) in [6, 6.07) is -0.958. The predicted octanol–water partition coefficient (Wildman–Crippen LogP) is -0.117. The Hall–Kier alpha value is -2.03. The fraction of sp³-hybridized carbons (Fsp3) is 0.545. The largest absolute Gasteiger partial charge is 0.480 e. The van der Waals surface area contributed by atoms with E-state index in [0.29, 0.717) is 6.42 Å². The number of aliphatic carboxylic acids is 1. The van der Waals surface area contributed by atoms with Crippen molar-refractivity contribution in [1.82, 2.24) is 19.4 Å². The quantitative estimate of drug-likeness (QED) is 0.645. The van der Waals surface area contributed by atoms with Crippen LogP contribution in [0.2, 0.25) is 0 Å². The summed E-state index contributed by atoms with van der Waals surface area (Å²) in [7, 11) is 0. The lowest BCUT2D eigenvalue weighted by Crippen LogP contribution is -2.46. The summed E-state index contributed by atoms with van der Waals surface area (Å²) in [5.74, 6) is -2.05. The van der Waals surface area contributed by atoms with Crippen LogP contribution >= 0.6 is 11.7 Å². The summed E-state index contributed by atoms with van der Waals surface area (Å²) in [6.45, 7) is 3.41. The minimum Gasteiger partial charge on any atom is -0.480 e.